The molecule has 2 aromatic carbocycles. The van der Waals surface area contributed by atoms with Crippen LogP contribution in [0.25, 0.3) is 31.8 Å². The van der Waals surface area contributed by atoms with E-state index in [-0.39, 0.29) is 43.5 Å². The summed E-state index contributed by atoms with van der Waals surface area (Å²) < 4.78 is 1.24. The smallest absolute Gasteiger partial charge is 0.162 e. The average Bonchev–Trinajstić information content (AvgIpc) is 3.41. The number of ketones is 1. The number of rotatable bonds is 11. The quantitative estimate of drug-likeness (QED) is 0.0933. The molecule has 0 spiro atoms. The fourth-order valence-electron chi connectivity index (χ4n) is 5.86. The van der Waals surface area contributed by atoms with Crippen molar-refractivity contribution in [2.45, 2.75) is 107 Å². The Hall–Kier alpha value is -2.59. The van der Waals surface area contributed by atoms with Crippen molar-refractivity contribution in [3.63, 3.8) is 0 Å². The molecular formula is C40H52IrNO2S-. The molecule has 0 atom stereocenters. The van der Waals surface area contributed by atoms with Gasteiger partial charge in [-0.05, 0) is 71.4 Å². The Balaban J connectivity index is 0.000000378. The monoisotopic (exact) mass is 803 g/mol. The summed E-state index contributed by atoms with van der Waals surface area (Å²) in [4.78, 5) is 17.8. The van der Waals surface area contributed by atoms with Crippen molar-refractivity contribution < 1.29 is 30.0 Å². The normalized spacial score (nSPS) is 11.7. The van der Waals surface area contributed by atoms with Gasteiger partial charge in [-0.3, -0.25) is 4.79 Å². The number of aromatic nitrogens is 1. The number of carbonyl (C=O) groups is 1. The molecule has 4 aromatic rings. The number of aliphatic hydroxyl groups is 1. The SMILES string of the molecule is CCC(CC)C(=O)/C=C(\O)C(CC)CC.Cc1[c-]c(-c2cc3cc(-c4c(C(C)C)cccc4C(C)C)sc3cn2)cc(C)c1.[Ir]. The van der Waals surface area contributed by atoms with Gasteiger partial charge in [0.05, 0.1) is 10.5 Å². The number of hydrogen-bond donors (Lipinski definition) is 1. The zero-order valence-corrected chi connectivity index (χ0v) is 32.1. The molecule has 2 heterocycles. The molecular weight excluding hydrogens is 751 g/mol. The number of fused-ring (bicyclic) bond motifs is 1. The average molecular weight is 803 g/mol. The first-order chi connectivity index (χ1) is 20.9. The van der Waals surface area contributed by atoms with E-state index in [2.05, 4.69) is 90.1 Å². The van der Waals surface area contributed by atoms with Crippen LogP contribution >= 0.6 is 11.3 Å². The number of hydrogen-bond acceptors (Lipinski definition) is 4. The van der Waals surface area contributed by atoms with Crippen LogP contribution in [-0.4, -0.2) is 15.9 Å². The van der Waals surface area contributed by atoms with Gasteiger partial charge in [0.15, 0.2) is 5.78 Å². The number of nitrogens with zero attached hydrogens (tertiary/aromatic N) is 1. The number of thiophene rings is 1. The van der Waals surface area contributed by atoms with Crippen LogP contribution in [0.15, 0.2) is 60.5 Å². The Morgan fingerprint density at radius 1 is 0.889 bits per heavy atom. The molecule has 5 heteroatoms. The van der Waals surface area contributed by atoms with Crippen LogP contribution in [-0.2, 0) is 24.9 Å². The topological polar surface area (TPSA) is 50.2 Å². The summed E-state index contributed by atoms with van der Waals surface area (Å²) in [5, 5.41) is 11.0. The second kappa shape index (κ2) is 17.9. The number of aliphatic hydroxyl groups excluding tert-OH is 1. The fraction of sp³-hybridized carbons (Fsp3) is 0.450. The molecule has 245 valence electrons. The molecule has 0 aliphatic carbocycles. The van der Waals surface area contributed by atoms with Gasteiger partial charge in [-0.1, -0.05) is 93.5 Å². The second-order valence-corrected chi connectivity index (χ2v) is 13.7. The first kappa shape index (κ1) is 38.6. The van der Waals surface area contributed by atoms with Gasteiger partial charge in [-0.15, -0.1) is 46.2 Å². The van der Waals surface area contributed by atoms with Crippen molar-refractivity contribution in [3.05, 3.63) is 88.8 Å². The van der Waals surface area contributed by atoms with Gasteiger partial charge in [0, 0.05) is 49.1 Å². The molecule has 0 amide bonds. The molecule has 1 N–H and O–H groups in total. The number of carbonyl (C=O) groups excluding carboxylic acids is 1. The zero-order chi connectivity index (χ0) is 32.6. The van der Waals surface area contributed by atoms with E-state index in [4.69, 9.17) is 4.98 Å². The number of pyridine rings is 1. The van der Waals surface area contributed by atoms with E-state index in [1.54, 1.807) is 0 Å². The summed E-state index contributed by atoms with van der Waals surface area (Å²) in [6, 6.07) is 19.1. The molecule has 1 radical (unpaired) electrons. The van der Waals surface area contributed by atoms with Crippen LogP contribution in [0, 0.1) is 31.7 Å². The maximum absolute atomic E-state index is 11.7. The molecule has 45 heavy (non-hydrogen) atoms. The van der Waals surface area contributed by atoms with Crippen molar-refractivity contribution in [3.8, 4) is 21.7 Å². The van der Waals surface area contributed by atoms with E-state index in [0.29, 0.717) is 11.8 Å². The van der Waals surface area contributed by atoms with E-state index < -0.39 is 0 Å². The Morgan fingerprint density at radius 3 is 1.98 bits per heavy atom. The van der Waals surface area contributed by atoms with Gasteiger partial charge >= 0.3 is 0 Å². The summed E-state index contributed by atoms with van der Waals surface area (Å²) in [6.45, 7) is 21.4. The number of benzene rings is 2. The Morgan fingerprint density at radius 2 is 1.47 bits per heavy atom. The van der Waals surface area contributed by atoms with E-state index in [0.717, 1.165) is 42.5 Å². The first-order valence-electron chi connectivity index (χ1n) is 16.4. The van der Waals surface area contributed by atoms with Crippen LogP contribution < -0.4 is 0 Å². The second-order valence-electron chi connectivity index (χ2n) is 12.6. The van der Waals surface area contributed by atoms with Crippen LogP contribution in [0.3, 0.4) is 0 Å². The summed E-state index contributed by atoms with van der Waals surface area (Å²) >= 11 is 1.85. The molecule has 0 bridgehead atoms. The summed E-state index contributed by atoms with van der Waals surface area (Å²) in [5.41, 5.74) is 8.74. The third kappa shape index (κ3) is 9.95. The molecule has 0 saturated heterocycles. The minimum atomic E-state index is 0. The number of aryl methyl sites for hydroxylation is 2. The maximum Gasteiger partial charge on any atom is 0.162 e. The fourth-order valence-corrected chi connectivity index (χ4v) is 6.97. The summed E-state index contributed by atoms with van der Waals surface area (Å²) in [5.74, 6) is 1.53. The van der Waals surface area contributed by atoms with Crippen molar-refractivity contribution in [2.75, 3.05) is 0 Å². The van der Waals surface area contributed by atoms with E-state index in [1.165, 1.54) is 43.3 Å². The largest absolute Gasteiger partial charge is 0.512 e. The minimum absolute atomic E-state index is 0. The Labute approximate surface area is 290 Å². The van der Waals surface area contributed by atoms with Gasteiger partial charge in [0.2, 0.25) is 0 Å². The molecule has 0 fully saturated rings. The first-order valence-corrected chi connectivity index (χ1v) is 17.2. The van der Waals surface area contributed by atoms with Gasteiger partial charge in [0.25, 0.3) is 0 Å². The summed E-state index contributed by atoms with van der Waals surface area (Å²) in [7, 11) is 0. The Kier molecular flexibility index (Phi) is 15.4. The number of allylic oxidation sites excluding steroid dienone is 2. The van der Waals surface area contributed by atoms with E-state index in [9.17, 15) is 9.90 Å². The molecule has 3 nitrogen and oxygen atoms in total. The van der Waals surface area contributed by atoms with Crippen molar-refractivity contribution in [2.24, 2.45) is 11.8 Å². The van der Waals surface area contributed by atoms with Gasteiger partial charge < -0.3 is 10.1 Å². The molecule has 4 rings (SSSR count). The summed E-state index contributed by atoms with van der Waals surface area (Å²) in [6.07, 6.45) is 6.93. The Bertz CT molecular complexity index is 1530. The molecule has 0 aliphatic rings. The van der Waals surface area contributed by atoms with Gasteiger partial charge in [-0.25, -0.2) is 0 Å². The maximum atomic E-state index is 11.7. The van der Waals surface area contributed by atoms with Gasteiger partial charge in [-0.2, -0.15) is 0 Å². The van der Waals surface area contributed by atoms with Gasteiger partial charge in [0.1, 0.15) is 0 Å². The molecule has 0 saturated carbocycles. The zero-order valence-electron chi connectivity index (χ0n) is 28.9. The van der Waals surface area contributed by atoms with Crippen molar-refractivity contribution in [1.29, 1.82) is 0 Å². The van der Waals surface area contributed by atoms with E-state index in [1.807, 2.05) is 45.2 Å². The predicted octanol–water partition coefficient (Wildman–Crippen LogP) is 12.2. The molecule has 0 unspecified atom stereocenters. The molecule has 2 aromatic heterocycles. The third-order valence-corrected chi connectivity index (χ3v) is 9.63. The van der Waals surface area contributed by atoms with Crippen LogP contribution in [0.5, 0.6) is 0 Å². The van der Waals surface area contributed by atoms with E-state index >= 15 is 0 Å². The van der Waals surface area contributed by atoms with Crippen LogP contribution in [0.2, 0.25) is 0 Å². The minimum Gasteiger partial charge on any atom is -0.512 e. The van der Waals surface area contributed by atoms with Crippen LogP contribution in [0.4, 0.5) is 0 Å². The predicted molar refractivity (Wildman–Crippen MR) is 191 cm³/mol. The molecule has 0 aliphatic heterocycles. The third-order valence-electron chi connectivity index (χ3n) is 8.53. The standard InChI is InChI=1S/C27H28NS.C13H24O2.Ir/c1-16(2)22-8-7-9-23(17(3)4)27(22)25-14-21-13-24(28-15-26(21)29-25)20-11-18(5)10-19(6)12-20;1-5-10(6-2)12(14)9-13(15)11(7-3)8-4;/h7-11,13-17H,1-6H3;9-11,14H,5-8H2,1-4H3;/q-1;;/b;12-9-;. The van der Waals surface area contributed by atoms with Crippen molar-refractivity contribution >= 4 is 27.2 Å². The van der Waals surface area contributed by atoms with Crippen molar-refractivity contribution in [1.82, 2.24) is 4.98 Å². The van der Waals surface area contributed by atoms with Crippen LogP contribution in [0.1, 0.15) is 115 Å².